The monoisotopic (exact) mass is 325 g/mol. The first-order valence-corrected chi connectivity index (χ1v) is 8.31. The predicted octanol–water partition coefficient (Wildman–Crippen LogP) is 2.02. The van der Waals surface area contributed by atoms with Crippen LogP contribution in [0.5, 0.6) is 5.75 Å². The van der Waals surface area contributed by atoms with Gasteiger partial charge in [-0.1, -0.05) is 18.2 Å². The summed E-state index contributed by atoms with van der Waals surface area (Å²) in [6.45, 7) is 2.38. The number of carbonyl (C=O) groups is 1. The van der Waals surface area contributed by atoms with E-state index in [-0.39, 0.29) is 11.9 Å². The molecule has 0 radical (unpaired) electrons. The molecule has 1 atom stereocenters. The number of pyridine rings is 1. The van der Waals surface area contributed by atoms with Gasteiger partial charge in [-0.05, 0) is 36.2 Å². The third kappa shape index (κ3) is 4.11. The molecule has 0 bridgehead atoms. The maximum Gasteiger partial charge on any atom is 0.237 e. The second-order valence-electron chi connectivity index (χ2n) is 5.99. The molecule has 0 saturated carbocycles. The number of likely N-dealkylation sites (tertiary alicyclic amines) is 1. The Morgan fingerprint density at radius 2 is 2.12 bits per heavy atom. The number of rotatable bonds is 7. The van der Waals surface area contributed by atoms with E-state index in [0.29, 0.717) is 6.54 Å². The Labute approximate surface area is 142 Å². The molecule has 0 unspecified atom stereocenters. The fourth-order valence-electron chi connectivity index (χ4n) is 2.87. The van der Waals surface area contributed by atoms with Crippen LogP contribution in [0.1, 0.15) is 17.7 Å². The number of benzene rings is 1. The summed E-state index contributed by atoms with van der Waals surface area (Å²) in [4.78, 5) is 18.8. The van der Waals surface area contributed by atoms with Crippen molar-refractivity contribution in [3.63, 3.8) is 0 Å². The third-order valence-electron chi connectivity index (χ3n) is 4.38. The summed E-state index contributed by atoms with van der Waals surface area (Å²) in [6, 6.07) is 13.8. The Morgan fingerprint density at radius 3 is 2.75 bits per heavy atom. The highest BCUT2D eigenvalue weighted by atomic mass is 16.5. The largest absolute Gasteiger partial charge is 0.497 e. The van der Waals surface area contributed by atoms with Crippen molar-refractivity contribution >= 4 is 5.91 Å². The van der Waals surface area contributed by atoms with Crippen molar-refractivity contribution in [2.24, 2.45) is 0 Å². The molecule has 5 nitrogen and oxygen atoms in total. The highest BCUT2D eigenvalue weighted by Crippen LogP contribution is 2.21. The van der Waals surface area contributed by atoms with E-state index in [1.807, 2.05) is 42.5 Å². The number of carbonyl (C=O) groups excluding carboxylic acids is 1. The molecule has 1 aromatic carbocycles. The second kappa shape index (κ2) is 7.93. The number of nitrogens with one attached hydrogen (secondary N) is 1. The lowest BCUT2D eigenvalue weighted by Gasteiger charge is -2.39. The molecular formula is C19H23N3O2. The lowest BCUT2D eigenvalue weighted by Crippen LogP contribution is -2.55. The van der Waals surface area contributed by atoms with Crippen LogP contribution in [0.3, 0.4) is 0 Å². The SMILES string of the molecule is COc1ccc(CN2CC[C@H]2C(=O)NCCc2ccccn2)cc1. The lowest BCUT2D eigenvalue weighted by molar-refractivity contribution is -0.131. The van der Waals surface area contributed by atoms with Crippen molar-refractivity contribution in [3.05, 3.63) is 59.9 Å². The average molecular weight is 325 g/mol. The van der Waals surface area contributed by atoms with Crippen LogP contribution in [0.2, 0.25) is 0 Å². The van der Waals surface area contributed by atoms with Crippen LogP contribution in [-0.2, 0) is 17.8 Å². The highest BCUT2D eigenvalue weighted by molar-refractivity contribution is 5.82. The van der Waals surface area contributed by atoms with Crippen LogP contribution in [0.25, 0.3) is 0 Å². The summed E-state index contributed by atoms with van der Waals surface area (Å²) in [5, 5.41) is 3.03. The molecule has 1 aromatic heterocycles. The van der Waals surface area contributed by atoms with Crippen LogP contribution in [0.15, 0.2) is 48.7 Å². The summed E-state index contributed by atoms with van der Waals surface area (Å²) >= 11 is 0. The van der Waals surface area contributed by atoms with Crippen LogP contribution in [-0.4, -0.2) is 42.0 Å². The standard InChI is InChI=1S/C19H23N3O2/c1-24-17-7-5-15(6-8-17)14-22-13-10-18(22)19(23)21-12-9-16-4-2-3-11-20-16/h2-8,11,18H,9-10,12-14H2,1H3,(H,21,23)/t18-/m0/s1. The number of hydrogen-bond donors (Lipinski definition) is 1. The zero-order chi connectivity index (χ0) is 16.8. The zero-order valence-corrected chi connectivity index (χ0v) is 13.9. The Hall–Kier alpha value is -2.40. The summed E-state index contributed by atoms with van der Waals surface area (Å²) in [6.07, 6.45) is 3.46. The summed E-state index contributed by atoms with van der Waals surface area (Å²) in [5.74, 6) is 0.969. The molecule has 126 valence electrons. The molecule has 5 heteroatoms. The molecule has 2 heterocycles. The number of methoxy groups -OCH3 is 1. The fourth-order valence-corrected chi connectivity index (χ4v) is 2.87. The van der Waals surface area contributed by atoms with Gasteiger partial charge in [0.05, 0.1) is 13.2 Å². The number of amides is 1. The zero-order valence-electron chi connectivity index (χ0n) is 13.9. The van der Waals surface area contributed by atoms with Crippen LogP contribution >= 0.6 is 0 Å². The van der Waals surface area contributed by atoms with Gasteiger partial charge in [0.25, 0.3) is 0 Å². The van der Waals surface area contributed by atoms with Crippen molar-refractivity contribution in [1.29, 1.82) is 0 Å². The van der Waals surface area contributed by atoms with E-state index in [1.54, 1.807) is 13.3 Å². The molecule has 1 saturated heterocycles. The highest BCUT2D eigenvalue weighted by Gasteiger charge is 2.33. The molecule has 1 N–H and O–H groups in total. The maximum absolute atomic E-state index is 12.3. The van der Waals surface area contributed by atoms with Crippen LogP contribution in [0, 0.1) is 0 Å². The molecule has 0 aliphatic carbocycles. The van der Waals surface area contributed by atoms with E-state index < -0.39 is 0 Å². The Bertz CT molecular complexity index is 658. The molecule has 24 heavy (non-hydrogen) atoms. The predicted molar refractivity (Wildman–Crippen MR) is 92.8 cm³/mol. The Morgan fingerprint density at radius 1 is 1.29 bits per heavy atom. The van der Waals surface area contributed by atoms with Gasteiger partial charge in [0, 0.05) is 37.9 Å². The van der Waals surface area contributed by atoms with Crippen molar-refractivity contribution in [2.45, 2.75) is 25.4 Å². The summed E-state index contributed by atoms with van der Waals surface area (Å²) in [7, 11) is 1.66. The van der Waals surface area contributed by atoms with Gasteiger partial charge in [-0.3, -0.25) is 14.7 Å². The minimum absolute atomic E-state index is 0.0177. The fraction of sp³-hybridized carbons (Fsp3) is 0.368. The summed E-state index contributed by atoms with van der Waals surface area (Å²) in [5.41, 5.74) is 2.20. The minimum Gasteiger partial charge on any atom is -0.497 e. The van der Waals surface area contributed by atoms with Gasteiger partial charge in [0.2, 0.25) is 5.91 Å². The van der Waals surface area contributed by atoms with Gasteiger partial charge < -0.3 is 10.1 Å². The van der Waals surface area contributed by atoms with E-state index in [1.165, 1.54) is 5.56 Å². The molecule has 1 amide bonds. The number of aromatic nitrogens is 1. The van der Waals surface area contributed by atoms with Gasteiger partial charge in [-0.2, -0.15) is 0 Å². The van der Waals surface area contributed by atoms with Gasteiger partial charge in [-0.25, -0.2) is 0 Å². The van der Waals surface area contributed by atoms with E-state index in [2.05, 4.69) is 15.2 Å². The van der Waals surface area contributed by atoms with Crippen LogP contribution in [0.4, 0.5) is 0 Å². The molecule has 3 rings (SSSR count). The van der Waals surface area contributed by atoms with Crippen molar-refractivity contribution in [3.8, 4) is 5.75 Å². The average Bonchev–Trinajstić information content (AvgIpc) is 2.60. The number of ether oxygens (including phenoxy) is 1. The Kier molecular flexibility index (Phi) is 5.43. The van der Waals surface area contributed by atoms with Crippen molar-refractivity contribution in [1.82, 2.24) is 15.2 Å². The maximum atomic E-state index is 12.3. The quantitative estimate of drug-likeness (QED) is 0.846. The first-order valence-electron chi connectivity index (χ1n) is 8.31. The molecule has 0 spiro atoms. The van der Waals surface area contributed by atoms with E-state index in [4.69, 9.17) is 4.74 Å². The normalized spacial score (nSPS) is 17.1. The van der Waals surface area contributed by atoms with Crippen LogP contribution < -0.4 is 10.1 Å². The van der Waals surface area contributed by atoms with Gasteiger partial charge >= 0.3 is 0 Å². The van der Waals surface area contributed by atoms with E-state index in [9.17, 15) is 4.79 Å². The van der Waals surface area contributed by atoms with E-state index in [0.717, 1.165) is 37.4 Å². The molecule has 1 fully saturated rings. The Balaban J connectivity index is 1.45. The van der Waals surface area contributed by atoms with Gasteiger partial charge in [0.15, 0.2) is 0 Å². The molecular weight excluding hydrogens is 302 g/mol. The lowest BCUT2D eigenvalue weighted by atomic mass is 10.0. The van der Waals surface area contributed by atoms with E-state index >= 15 is 0 Å². The first-order chi connectivity index (χ1) is 11.8. The summed E-state index contributed by atoms with van der Waals surface area (Å²) < 4.78 is 5.17. The van der Waals surface area contributed by atoms with Crippen molar-refractivity contribution in [2.75, 3.05) is 20.2 Å². The molecule has 1 aliphatic rings. The van der Waals surface area contributed by atoms with Crippen molar-refractivity contribution < 1.29 is 9.53 Å². The number of hydrogen-bond acceptors (Lipinski definition) is 4. The first kappa shape index (κ1) is 16.5. The molecule has 2 aromatic rings. The third-order valence-corrected chi connectivity index (χ3v) is 4.38. The minimum atomic E-state index is -0.0177. The topological polar surface area (TPSA) is 54.5 Å². The van der Waals surface area contributed by atoms with Gasteiger partial charge in [-0.15, -0.1) is 0 Å². The number of nitrogens with zero attached hydrogens (tertiary/aromatic N) is 2. The van der Waals surface area contributed by atoms with Gasteiger partial charge in [0.1, 0.15) is 5.75 Å². The second-order valence-corrected chi connectivity index (χ2v) is 5.99. The smallest absolute Gasteiger partial charge is 0.237 e. The molecule has 1 aliphatic heterocycles.